The smallest absolute Gasteiger partial charge is 0.275 e. The van der Waals surface area contributed by atoms with Crippen molar-refractivity contribution in [3.63, 3.8) is 0 Å². The van der Waals surface area contributed by atoms with Crippen LogP contribution in [0.15, 0.2) is 53.3 Å². The number of fused-ring (bicyclic) bond motifs is 1. The molecule has 2 amide bonds. The topological polar surface area (TPSA) is 84.3 Å². The number of likely N-dealkylation sites (N-methyl/N-ethyl adjacent to an activating group) is 1. The van der Waals surface area contributed by atoms with Gasteiger partial charge in [-0.2, -0.15) is 5.10 Å². The Morgan fingerprint density at radius 2 is 1.74 bits per heavy atom. The summed E-state index contributed by atoms with van der Waals surface area (Å²) in [6.45, 7) is 2.27. The third-order valence-corrected chi connectivity index (χ3v) is 4.90. The van der Waals surface area contributed by atoms with E-state index >= 15 is 0 Å². The Labute approximate surface area is 179 Å². The van der Waals surface area contributed by atoms with E-state index in [1.54, 1.807) is 24.3 Å². The molecule has 2 aromatic carbocycles. The number of nitrogens with one attached hydrogen (secondary N) is 1. The van der Waals surface area contributed by atoms with E-state index < -0.39 is 17.6 Å². The zero-order valence-corrected chi connectivity index (χ0v) is 17.6. The Morgan fingerprint density at radius 3 is 2.42 bits per heavy atom. The Bertz CT molecular complexity index is 1140. The number of anilines is 1. The number of hydrogen-bond acceptors (Lipinski definition) is 4. The summed E-state index contributed by atoms with van der Waals surface area (Å²) in [5.74, 6) is -1.30. The summed E-state index contributed by atoms with van der Waals surface area (Å²) in [4.78, 5) is 39.4. The fourth-order valence-corrected chi connectivity index (χ4v) is 3.26. The largest absolute Gasteiger partial charge is 0.331 e. The summed E-state index contributed by atoms with van der Waals surface area (Å²) in [5, 5.41) is 7.83. The lowest BCUT2D eigenvalue weighted by molar-refractivity contribution is -0.116. The molecule has 0 aliphatic carbocycles. The monoisotopic (exact) mass is 424 g/mol. The molecule has 7 nitrogen and oxygen atoms in total. The Morgan fingerprint density at radius 1 is 1.06 bits per heavy atom. The van der Waals surface area contributed by atoms with Crippen LogP contribution in [0.25, 0.3) is 10.8 Å². The van der Waals surface area contributed by atoms with Gasteiger partial charge in [0.15, 0.2) is 5.69 Å². The Kier molecular flexibility index (Phi) is 7.12. The van der Waals surface area contributed by atoms with E-state index in [0.717, 1.165) is 19.3 Å². The average Bonchev–Trinajstić information content (AvgIpc) is 2.76. The number of carbonyl (C=O) groups is 2. The summed E-state index contributed by atoms with van der Waals surface area (Å²) >= 11 is 0. The van der Waals surface area contributed by atoms with Crippen molar-refractivity contribution < 1.29 is 14.0 Å². The molecule has 0 saturated carbocycles. The van der Waals surface area contributed by atoms with Crippen LogP contribution in [0, 0.1) is 5.82 Å². The van der Waals surface area contributed by atoms with Crippen LogP contribution in [0.4, 0.5) is 10.1 Å². The number of halogens is 1. The molecule has 0 spiro atoms. The van der Waals surface area contributed by atoms with Crippen molar-refractivity contribution in [1.29, 1.82) is 0 Å². The van der Waals surface area contributed by atoms with Crippen molar-refractivity contribution in [2.45, 2.75) is 32.7 Å². The van der Waals surface area contributed by atoms with Crippen LogP contribution < -0.4 is 10.9 Å². The van der Waals surface area contributed by atoms with Crippen molar-refractivity contribution in [3.05, 3.63) is 70.4 Å². The second-order valence-electron chi connectivity index (χ2n) is 7.35. The first-order valence-electron chi connectivity index (χ1n) is 10.2. The third-order valence-electron chi connectivity index (χ3n) is 4.90. The predicted octanol–water partition coefficient (Wildman–Crippen LogP) is 3.44. The van der Waals surface area contributed by atoms with Gasteiger partial charge in [-0.25, -0.2) is 9.07 Å². The highest BCUT2D eigenvalue weighted by Gasteiger charge is 2.21. The molecule has 0 aliphatic rings. The molecule has 1 heterocycles. The summed E-state index contributed by atoms with van der Waals surface area (Å²) in [7, 11) is 1.50. The van der Waals surface area contributed by atoms with Gasteiger partial charge in [0.1, 0.15) is 5.82 Å². The zero-order chi connectivity index (χ0) is 22.4. The first kappa shape index (κ1) is 22.1. The molecule has 0 atom stereocenters. The van der Waals surface area contributed by atoms with Crippen LogP contribution >= 0.6 is 0 Å². The van der Waals surface area contributed by atoms with Gasteiger partial charge in [-0.3, -0.25) is 14.4 Å². The molecule has 162 valence electrons. The highest BCUT2D eigenvalue weighted by atomic mass is 19.1. The number of carbonyl (C=O) groups excluding carboxylic acids is 2. The molecule has 31 heavy (non-hydrogen) atoms. The van der Waals surface area contributed by atoms with Crippen molar-refractivity contribution >= 4 is 28.3 Å². The van der Waals surface area contributed by atoms with Crippen molar-refractivity contribution in [1.82, 2.24) is 14.7 Å². The normalized spacial score (nSPS) is 10.8. The predicted molar refractivity (Wildman–Crippen MR) is 118 cm³/mol. The van der Waals surface area contributed by atoms with Gasteiger partial charge in [-0.05, 0) is 36.8 Å². The van der Waals surface area contributed by atoms with Gasteiger partial charge < -0.3 is 10.2 Å². The van der Waals surface area contributed by atoms with Gasteiger partial charge in [-0.15, -0.1) is 0 Å². The number of nitrogens with zero attached hydrogens (tertiary/aromatic N) is 3. The fourth-order valence-electron chi connectivity index (χ4n) is 3.26. The summed E-state index contributed by atoms with van der Waals surface area (Å²) in [6, 6.07) is 12.2. The number of unbranched alkanes of at least 4 members (excludes halogenated alkanes) is 2. The summed E-state index contributed by atoms with van der Waals surface area (Å²) in [6.07, 6.45) is 2.74. The van der Waals surface area contributed by atoms with Gasteiger partial charge >= 0.3 is 0 Å². The molecule has 0 fully saturated rings. The maximum Gasteiger partial charge on any atom is 0.275 e. The SMILES string of the molecule is CCCCCn1nc(C(=O)N(C)CC(=O)Nc2ccc(F)cc2)c2ccccc2c1=O. The minimum absolute atomic E-state index is 0.129. The maximum atomic E-state index is 13.1. The second kappa shape index (κ2) is 9.97. The van der Waals surface area contributed by atoms with E-state index in [1.807, 2.05) is 0 Å². The van der Waals surface area contributed by atoms with Crippen LogP contribution in [-0.4, -0.2) is 40.1 Å². The van der Waals surface area contributed by atoms with E-state index in [0.29, 0.717) is 23.0 Å². The standard InChI is InChI=1S/C23H25FN4O3/c1-3-4-7-14-28-22(30)19-9-6-5-8-18(19)21(26-28)23(31)27(2)15-20(29)25-17-12-10-16(24)11-13-17/h5-6,8-13H,3-4,7,14-15H2,1-2H3,(H,25,29). The molecular formula is C23H25FN4O3. The van der Waals surface area contributed by atoms with Crippen LogP contribution in [0.2, 0.25) is 0 Å². The molecular weight excluding hydrogens is 399 g/mol. The zero-order valence-electron chi connectivity index (χ0n) is 17.6. The van der Waals surface area contributed by atoms with E-state index in [2.05, 4.69) is 17.3 Å². The minimum Gasteiger partial charge on any atom is -0.331 e. The quantitative estimate of drug-likeness (QED) is 0.562. The molecule has 3 rings (SSSR count). The highest BCUT2D eigenvalue weighted by molar-refractivity contribution is 6.06. The van der Waals surface area contributed by atoms with Gasteiger partial charge in [-0.1, -0.05) is 38.0 Å². The lowest BCUT2D eigenvalue weighted by Gasteiger charge is -2.18. The third kappa shape index (κ3) is 5.33. The Balaban J connectivity index is 1.82. The Hall–Kier alpha value is -3.55. The van der Waals surface area contributed by atoms with Crippen molar-refractivity contribution in [2.24, 2.45) is 0 Å². The molecule has 1 aromatic heterocycles. The molecule has 0 bridgehead atoms. The lowest BCUT2D eigenvalue weighted by Crippen LogP contribution is -2.37. The van der Waals surface area contributed by atoms with Gasteiger partial charge in [0.2, 0.25) is 5.91 Å². The number of aryl methyl sites for hydroxylation is 1. The van der Waals surface area contributed by atoms with Crippen LogP contribution in [0.3, 0.4) is 0 Å². The first-order chi connectivity index (χ1) is 14.9. The van der Waals surface area contributed by atoms with Gasteiger partial charge in [0.05, 0.1) is 11.9 Å². The summed E-state index contributed by atoms with van der Waals surface area (Å²) < 4.78 is 14.3. The van der Waals surface area contributed by atoms with E-state index in [4.69, 9.17) is 0 Å². The maximum absolute atomic E-state index is 13.1. The number of benzene rings is 2. The molecule has 1 N–H and O–H groups in total. The highest BCUT2D eigenvalue weighted by Crippen LogP contribution is 2.15. The van der Waals surface area contributed by atoms with E-state index in [9.17, 15) is 18.8 Å². The van der Waals surface area contributed by atoms with Crippen molar-refractivity contribution in [3.8, 4) is 0 Å². The lowest BCUT2D eigenvalue weighted by atomic mass is 10.1. The molecule has 8 heteroatoms. The molecule has 0 radical (unpaired) electrons. The molecule has 0 saturated heterocycles. The van der Waals surface area contributed by atoms with Gasteiger partial charge in [0.25, 0.3) is 11.5 Å². The van der Waals surface area contributed by atoms with Crippen LogP contribution in [-0.2, 0) is 11.3 Å². The number of aromatic nitrogens is 2. The van der Waals surface area contributed by atoms with Crippen LogP contribution in [0.1, 0.15) is 36.7 Å². The first-order valence-corrected chi connectivity index (χ1v) is 10.2. The van der Waals surface area contributed by atoms with Crippen molar-refractivity contribution in [2.75, 3.05) is 18.9 Å². The molecule has 0 unspecified atom stereocenters. The van der Waals surface area contributed by atoms with E-state index in [1.165, 1.54) is 40.9 Å². The van der Waals surface area contributed by atoms with Crippen LogP contribution in [0.5, 0.6) is 0 Å². The van der Waals surface area contributed by atoms with E-state index in [-0.39, 0.29) is 17.8 Å². The number of rotatable bonds is 8. The minimum atomic E-state index is -0.463. The molecule has 0 aliphatic heterocycles. The molecule has 3 aromatic rings. The summed E-state index contributed by atoms with van der Waals surface area (Å²) in [5.41, 5.74) is 0.323. The second-order valence-corrected chi connectivity index (χ2v) is 7.35. The number of amides is 2. The number of hydrogen-bond donors (Lipinski definition) is 1. The van der Waals surface area contributed by atoms with Gasteiger partial charge in [0, 0.05) is 24.7 Å². The fraction of sp³-hybridized carbons (Fsp3) is 0.304. The average molecular weight is 424 g/mol.